The van der Waals surface area contributed by atoms with Gasteiger partial charge in [-0.25, -0.2) is 0 Å². The molecule has 0 bridgehead atoms. The number of thioether (sulfide) groups is 1. The minimum atomic E-state index is -0.738. The Morgan fingerprint density at radius 1 is 1.56 bits per heavy atom. The zero-order chi connectivity index (χ0) is 13.8. The highest BCUT2D eigenvalue weighted by atomic mass is 32.2. The van der Waals surface area contributed by atoms with Gasteiger partial charge in [0.15, 0.2) is 5.84 Å². The molecule has 0 radical (unpaired) electrons. The van der Waals surface area contributed by atoms with Crippen LogP contribution in [-0.4, -0.2) is 33.0 Å². The van der Waals surface area contributed by atoms with Gasteiger partial charge in [-0.1, -0.05) is 19.0 Å². The molecule has 0 aromatic carbocycles. The van der Waals surface area contributed by atoms with E-state index in [1.807, 2.05) is 20.8 Å². The summed E-state index contributed by atoms with van der Waals surface area (Å²) in [6.45, 7) is 5.81. The molecule has 104 valence electrons. The largest absolute Gasteiger partial charge is 0.409 e. The Kier molecular flexibility index (Phi) is 4.90. The number of hydrogen-bond acceptors (Lipinski definition) is 4. The van der Waals surface area contributed by atoms with E-state index in [-0.39, 0.29) is 16.5 Å². The van der Waals surface area contributed by atoms with Crippen LogP contribution in [0.25, 0.3) is 0 Å². The van der Waals surface area contributed by atoms with Crippen molar-refractivity contribution in [2.45, 2.75) is 56.7 Å². The van der Waals surface area contributed by atoms with E-state index in [9.17, 15) is 4.79 Å². The number of rotatable bonds is 5. The molecule has 1 atom stereocenters. The molecule has 6 heteroatoms. The molecule has 5 nitrogen and oxygen atoms in total. The van der Waals surface area contributed by atoms with Crippen LogP contribution in [-0.2, 0) is 4.79 Å². The third kappa shape index (κ3) is 2.74. The molecule has 1 aliphatic heterocycles. The Labute approximate surface area is 113 Å². The van der Waals surface area contributed by atoms with Crippen molar-refractivity contribution in [1.82, 2.24) is 5.32 Å². The van der Waals surface area contributed by atoms with Crippen molar-refractivity contribution >= 4 is 23.5 Å². The predicted molar refractivity (Wildman–Crippen MR) is 75.0 cm³/mol. The van der Waals surface area contributed by atoms with Crippen LogP contribution in [0.1, 0.15) is 46.5 Å². The highest BCUT2D eigenvalue weighted by molar-refractivity contribution is 8.01. The van der Waals surface area contributed by atoms with E-state index in [0.29, 0.717) is 12.8 Å². The summed E-state index contributed by atoms with van der Waals surface area (Å²) >= 11 is 1.68. The van der Waals surface area contributed by atoms with Gasteiger partial charge in [0.05, 0.1) is 4.75 Å². The molecule has 1 amide bonds. The van der Waals surface area contributed by atoms with Crippen molar-refractivity contribution in [3.8, 4) is 0 Å². The molecular weight excluding hydrogens is 250 g/mol. The maximum atomic E-state index is 12.4. The van der Waals surface area contributed by atoms with Crippen molar-refractivity contribution < 1.29 is 10.0 Å². The van der Waals surface area contributed by atoms with Crippen LogP contribution >= 0.6 is 11.8 Å². The van der Waals surface area contributed by atoms with Crippen molar-refractivity contribution in [3.63, 3.8) is 0 Å². The Morgan fingerprint density at radius 2 is 2.17 bits per heavy atom. The third-order valence-electron chi connectivity index (χ3n) is 3.86. The fourth-order valence-corrected chi connectivity index (χ4v) is 3.47. The molecule has 1 fully saturated rings. The smallest absolute Gasteiger partial charge is 0.236 e. The van der Waals surface area contributed by atoms with E-state index in [1.165, 1.54) is 0 Å². The third-order valence-corrected chi connectivity index (χ3v) is 5.38. The second-order valence-corrected chi connectivity index (χ2v) is 6.51. The minimum absolute atomic E-state index is 0.0136. The van der Waals surface area contributed by atoms with Crippen LogP contribution in [0.5, 0.6) is 0 Å². The maximum absolute atomic E-state index is 12.4. The van der Waals surface area contributed by atoms with Gasteiger partial charge >= 0.3 is 0 Å². The molecular formula is C12H23N3O2S. The summed E-state index contributed by atoms with van der Waals surface area (Å²) in [5.74, 6) is 1.08. The first-order chi connectivity index (χ1) is 8.44. The van der Waals surface area contributed by atoms with Crippen LogP contribution in [0.2, 0.25) is 0 Å². The van der Waals surface area contributed by atoms with Crippen LogP contribution in [0.4, 0.5) is 0 Å². The standard InChI is InChI=1S/C12H23N3O2S/c1-4-12(5-2,9(13)15-17)14-10(16)11(3)7-6-8-18-11/h17H,4-8H2,1-3H3,(H2,13,15)(H,14,16). The second-order valence-electron chi connectivity index (χ2n) is 4.91. The van der Waals surface area contributed by atoms with Gasteiger partial charge in [-0.2, -0.15) is 0 Å². The van der Waals surface area contributed by atoms with Crippen molar-refractivity contribution in [2.75, 3.05) is 5.75 Å². The Balaban J connectivity index is 2.87. The zero-order valence-corrected chi connectivity index (χ0v) is 12.1. The summed E-state index contributed by atoms with van der Waals surface area (Å²) in [6.07, 6.45) is 3.14. The molecule has 1 aliphatic rings. The number of carbonyl (C=O) groups excluding carboxylic acids is 1. The summed E-state index contributed by atoms with van der Waals surface area (Å²) in [5, 5.41) is 14.9. The summed E-state index contributed by atoms with van der Waals surface area (Å²) in [6, 6.07) is 0. The molecule has 1 heterocycles. The monoisotopic (exact) mass is 273 g/mol. The van der Waals surface area contributed by atoms with E-state index < -0.39 is 5.54 Å². The maximum Gasteiger partial charge on any atom is 0.236 e. The molecule has 1 rings (SSSR count). The molecule has 0 saturated carbocycles. The van der Waals surface area contributed by atoms with Crippen LogP contribution in [0, 0.1) is 0 Å². The first-order valence-corrected chi connectivity index (χ1v) is 7.37. The lowest BCUT2D eigenvalue weighted by atomic mass is 9.90. The molecule has 1 unspecified atom stereocenters. The highest BCUT2D eigenvalue weighted by Gasteiger charge is 2.42. The zero-order valence-electron chi connectivity index (χ0n) is 11.3. The number of carbonyl (C=O) groups is 1. The molecule has 0 aromatic heterocycles. The average molecular weight is 273 g/mol. The van der Waals surface area contributed by atoms with Gasteiger partial charge in [-0.3, -0.25) is 4.79 Å². The molecule has 0 aromatic rings. The number of hydrogen-bond donors (Lipinski definition) is 3. The number of amidine groups is 1. The fourth-order valence-electron chi connectivity index (χ4n) is 2.26. The van der Waals surface area contributed by atoms with Crippen LogP contribution in [0.15, 0.2) is 5.16 Å². The number of amides is 1. The van der Waals surface area contributed by atoms with E-state index in [4.69, 9.17) is 10.9 Å². The molecule has 0 aliphatic carbocycles. The summed E-state index contributed by atoms with van der Waals surface area (Å²) in [4.78, 5) is 12.4. The topological polar surface area (TPSA) is 87.7 Å². The van der Waals surface area contributed by atoms with Crippen molar-refractivity contribution in [2.24, 2.45) is 10.9 Å². The van der Waals surface area contributed by atoms with Gasteiger partial charge in [0.1, 0.15) is 5.54 Å². The number of nitrogens with one attached hydrogen (secondary N) is 1. The molecule has 1 saturated heterocycles. The fraction of sp³-hybridized carbons (Fsp3) is 0.833. The van der Waals surface area contributed by atoms with Crippen LogP contribution in [0.3, 0.4) is 0 Å². The van der Waals surface area contributed by atoms with Crippen LogP contribution < -0.4 is 11.1 Å². The van der Waals surface area contributed by atoms with Gasteiger partial charge in [0.25, 0.3) is 0 Å². The van der Waals surface area contributed by atoms with E-state index in [0.717, 1.165) is 18.6 Å². The molecule has 4 N–H and O–H groups in total. The Hall–Kier alpha value is -0.910. The number of nitrogens with zero attached hydrogens (tertiary/aromatic N) is 1. The summed E-state index contributed by atoms with van der Waals surface area (Å²) in [7, 11) is 0. The lowest BCUT2D eigenvalue weighted by molar-refractivity contribution is -0.124. The van der Waals surface area contributed by atoms with Gasteiger partial charge in [0, 0.05) is 0 Å². The van der Waals surface area contributed by atoms with Gasteiger partial charge < -0.3 is 16.3 Å². The van der Waals surface area contributed by atoms with E-state index >= 15 is 0 Å². The molecule has 18 heavy (non-hydrogen) atoms. The second kappa shape index (κ2) is 5.82. The van der Waals surface area contributed by atoms with Gasteiger partial charge in [-0.15, -0.1) is 11.8 Å². The lowest BCUT2D eigenvalue weighted by Gasteiger charge is -2.34. The lowest BCUT2D eigenvalue weighted by Crippen LogP contribution is -2.60. The number of oxime groups is 1. The van der Waals surface area contributed by atoms with E-state index in [2.05, 4.69) is 10.5 Å². The SMILES string of the molecule is CCC(CC)(NC(=O)C1(C)CCCS1)C(N)=NO. The summed E-state index contributed by atoms with van der Waals surface area (Å²) < 4.78 is -0.384. The molecule has 0 spiro atoms. The van der Waals surface area contributed by atoms with E-state index in [1.54, 1.807) is 11.8 Å². The van der Waals surface area contributed by atoms with Gasteiger partial charge in [-0.05, 0) is 38.4 Å². The highest BCUT2D eigenvalue weighted by Crippen LogP contribution is 2.38. The average Bonchev–Trinajstić information content (AvgIpc) is 2.83. The Morgan fingerprint density at radius 3 is 2.56 bits per heavy atom. The first kappa shape index (κ1) is 15.1. The Bertz CT molecular complexity index is 334. The van der Waals surface area contributed by atoms with Crippen molar-refractivity contribution in [3.05, 3.63) is 0 Å². The quantitative estimate of drug-likeness (QED) is 0.308. The normalized spacial score (nSPS) is 25.2. The first-order valence-electron chi connectivity index (χ1n) is 6.38. The summed E-state index contributed by atoms with van der Waals surface area (Å²) in [5.41, 5.74) is 5.00. The predicted octanol–water partition coefficient (Wildman–Crippen LogP) is 1.69. The van der Waals surface area contributed by atoms with Gasteiger partial charge in [0.2, 0.25) is 5.91 Å². The minimum Gasteiger partial charge on any atom is -0.409 e. The number of nitrogens with two attached hydrogens (primary N) is 1. The van der Waals surface area contributed by atoms with Crippen molar-refractivity contribution in [1.29, 1.82) is 0 Å².